The molecule has 3 aromatic rings. The monoisotopic (exact) mass is 555 g/mol. The van der Waals surface area contributed by atoms with Crippen molar-refractivity contribution in [3.63, 3.8) is 0 Å². The third-order valence-electron chi connectivity index (χ3n) is 7.50. The number of allylic oxidation sites excluding steroid dienone is 2. The minimum Gasteiger partial charge on any atom is -0.493 e. The maximum atomic E-state index is 13.9. The molecule has 7 heteroatoms. The fourth-order valence-corrected chi connectivity index (χ4v) is 5.46. The van der Waals surface area contributed by atoms with Gasteiger partial charge in [0.1, 0.15) is 6.61 Å². The quantitative estimate of drug-likeness (QED) is 0.273. The van der Waals surface area contributed by atoms with Gasteiger partial charge in [0, 0.05) is 17.9 Å². The Morgan fingerprint density at radius 3 is 2.15 bits per heavy atom. The maximum absolute atomic E-state index is 13.9. The van der Waals surface area contributed by atoms with Crippen molar-refractivity contribution in [3.05, 3.63) is 118 Å². The number of hydrogen-bond acceptors (Lipinski definition) is 6. The summed E-state index contributed by atoms with van der Waals surface area (Å²) >= 11 is 0. The lowest BCUT2D eigenvalue weighted by atomic mass is 9.79. The van der Waals surface area contributed by atoms with Gasteiger partial charge in [0.15, 0.2) is 11.5 Å². The van der Waals surface area contributed by atoms with Crippen LogP contribution in [0.2, 0.25) is 0 Å². The molecule has 0 aliphatic carbocycles. The van der Waals surface area contributed by atoms with Crippen molar-refractivity contribution in [2.75, 3.05) is 20.8 Å². The van der Waals surface area contributed by atoms with Crippen LogP contribution in [0.15, 0.2) is 95.3 Å². The molecule has 41 heavy (non-hydrogen) atoms. The van der Waals surface area contributed by atoms with E-state index in [4.69, 9.17) is 14.2 Å². The predicted octanol–water partition coefficient (Wildman–Crippen LogP) is 6.42. The van der Waals surface area contributed by atoms with E-state index < -0.39 is 17.9 Å². The van der Waals surface area contributed by atoms with Crippen LogP contribution in [0.25, 0.3) is 0 Å². The summed E-state index contributed by atoms with van der Waals surface area (Å²) in [6, 6.07) is 23.1. The van der Waals surface area contributed by atoms with Crippen LogP contribution in [0.4, 0.5) is 0 Å². The van der Waals surface area contributed by atoms with E-state index in [0.29, 0.717) is 40.6 Å². The first-order valence-electron chi connectivity index (χ1n) is 13.7. The Balaban J connectivity index is 1.75. The second kappa shape index (κ2) is 13.2. The lowest BCUT2D eigenvalue weighted by molar-refractivity contribution is -0.140. The highest BCUT2D eigenvalue weighted by molar-refractivity contribution is 5.99. The first-order valence-corrected chi connectivity index (χ1v) is 13.7. The van der Waals surface area contributed by atoms with Crippen molar-refractivity contribution in [2.24, 2.45) is 0 Å². The molecule has 4 rings (SSSR count). The molecule has 1 unspecified atom stereocenters. The Hall–Kier alpha value is -4.52. The van der Waals surface area contributed by atoms with E-state index in [1.807, 2.05) is 61.2 Å². The Kier molecular flexibility index (Phi) is 9.50. The second-order valence-corrected chi connectivity index (χ2v) is 10.2. The highest BCUT2D eigenvalue weighted by Gasteiger charge is 2.40. The van der Waals surface area contributed by atoms with E-state index in [-0.39, 0.29) is 12.2 Å². The van der Waals surface area contributed by atoms with Crippen LogP contribution in [0.3, 0.4) is 0 Å². The summed E-state index contributed by atoms with van der Waals surface area (Å²) < 4.78 is 16.8. The summed E-state index contributed by atoms with van der Waals surface area (Å²) in [6.45, 7) is 6.28. The van der Waals surface area contributed by atoms with E-state index in [1.165, 1.54) is 19.8 Å². The van der Waals surface area contributed by atoms with E-state index in [9.17, 15) is 14.7 Å². The number of rotatable bonds is 11. The van der Waals surface area contributed by atoms with Crippen LogP contribution in [0, 0.1) is 6.92 Å². The van der Waals surface area contributed by atoms with Crippen LogP contribution in [0.5, 0.6) is 11.5 Å². The SMILES string of the molecule is COc1ccc(C2C(C(=O)O)=C(C)N(CCCc3ccccc3)C(C)=C2C(=O)OCc2cccc(C)c2)cc1OC. The maximum Gasteiger partial charge on any atom is 0.337 e. The molecule has 0 spiro atoms. The third kappa shape index (κ3) is 6.62. The number of aryl methyl sites for hydroxylation is 2. The predicted molar refractivity (Wildman–Crippen MR) is 158 cm³/mol. The van der Waals surface area contributed by atoms with Gasteiger partial charge in [-0.3, -0.25) is 0 Å². The van der Waals surface area contributed by atoms with Gasteiger partial charge in [-0.25, -0.2) is 9.59 Å². The molecule has 0 aromatic heterocycles. The molecular formula is C34H37NO6. The van der Waals surface area contributed by atoms with E-state index in [2.05, 4.69) is 12.1 Å². The summed E-state index contributed by atoms with van der Waals surface area (Å²) in [7, 11) is 3.06. The van der Waals surface area contributed by atoms with Gasteiger partial charge in [-0.05, 0) is 62.4 Å². The Morgan fingerprint density at radius 1 is 0.805 bits per heavy atom. The largest absolute Gasteiger partial charge is 0.493 e. The van der Waals surface area contributed by atoms with Crippen LogP contribution in [-0.4, -0.2) is 42.7 Å². The van der Waals surface area contributed by atoms with Gasteiger partial charge in [-0.2, -0.15) is 0 Å². The summed E-state index contributed by atoms with van der Waals surface area (Å²) in [6.07, 6.45) is 1.60. The van der Waals surface area contributed by atoms with Crippen LogP contribution in [0.1, 0.15) is 48.4 Å². The van der Waals surface area contributed by atoms with Crippen molar-refractivity contribution in [1.29, 1.82) is 0 Å². The number of nitrogens with zero attached hydrogens (tertiary/aromatic N) is 1. The van der Waals surface area contributed by atoms with Crippen molar-refractivity contribution in [2.45, 2.75) is 46.1 Å². The van der Waals surface area contributed by atoms with Crippen molar-refractivity contribution in [1.82, 2.24) is 4.90 Å². The summed E-state index contributed by atoms with van der Waals surface area (Å²) in [5, 5.41) is 10.5. The van der Waals surface area contributed by atoms with Crippen molar-refractivity contribution < 1.29 is 28.9 Å². The molecule has 1 atom stereocenters. The van der Waals surface area contributed by atoms with Crippen molar-refractivity contribution >= 4 is 11.9 Å². The highest BCUT2D eigenvalue weighted by atomic mass is 16.5. The molecule has 0 bridgehead atoms. The minimum absolute atomic E-state index is 0.0784. The number of hydrogen-bond donors (Lipinski definition) is 1. The number of methoxy groups -OCH3 is 2. The number of carboxylic acids is 1. The van der Waals surface area contributed by atoms with Crippen LogP contribution in [-0.2, 0) is 27.4 Å². The van der Waals surface area contributed by atoms with Crippen LogP contribution >= 0.6 is 0 Å². The minimum atomic E-state index is -1.09. The molecule has 0 fully saturated rings. The molecule has 7 nitrogen and oxygen atoms in total. The lowest BCUT2D eigenvalue weighted by Gasteiger charge is -2.37. The molecular weight excluding hydrogens is 518 g/mol. The standard InChI is InChI=1S/C34H37NO6/c1-22-11-9-14-26(19-22)21-41-34(38)31-24(3)35(18-10-15-25-12-7-6-8-13-25)23(2)30(33(36)37)32(31)27-16-17-28(39-4)29(20-27)40-5/h6-9,11-14,16-17,19-20,32H,10,15,18,21H2,1-5H3,(H,36,37). The van der Waals surface area contributed by atoms with E-state index in [0.717, 1.165) is 24.0 Å². The lowest BCUT2D eigenvalue weighted by Crippen LogP contribution is -2.35. The number of benzene rings is 3. The normalized spacial score (nSPS) is 15.1. The Bertz CT molecular complexity index is 1470. The Morgan fingerprint density at radius 2 is 1.49 bits per heavy atom. The molecule has 214 valence electrons. The topological polar surface area (TPSA) is 85.3 Å². The first-order chi connectivity index (χ1) is 19.7. The molecule has 0 saturated heterocycles. The van der Waals surface area contributed by atoms with E-state index in [1.54, 1.807) is 25.1 Å². The van der Waals surface area contributed by atoms with Gasteiger partial charge < -0.3 is 24.2 Å². The number of aliphatic carboxylic acids is 1. The van der Waals surface area contributed by atoms with Gasteiger partial charge in [-0.1, -0.05) is 66.2 Å². The second-order valence-electron chi connectivity index (χ2n) is 10.2. The molecule has 1 aliphatic rings. The van der Waals surface area contributed by atoms with Crippen LogP contribution < -0.4 is 9.47 Å². The smallest absolute Gasteiger partial charge is 0.337 e. The number of carboxylic acid groups (broad SMARTS) is 1. The Labute approximate surface area is 241 Å². The summed E-state index contributed by atoms with van der Waals surface area (Å²) in [5.74, 6) is -1.54. The fraction of sp³-hybridized carbons (Fsp3) is 0.294. The summed E-state index contributed by atoms with van der Waals surface area (Å²) in [4.78, 5) is 28.6. The molecule has 1 N–H and O–H groups in total. The number of carbonyl (C=O) groups is 2. The fourth-order valence-electron chi connectivity index (χ4n) is 5.46. The highest BCUT2D eigenvalue weighted by Crippen LogP contribution is 2.44. The van der Waals surface area contributed by atoms with Gasteiger partial charge in [0.05, 0.1) is 31.3 Å². The number of esters is 1. The van der Waals surface area contributed by atoms with Gasteiger partial charge >= 0.3 is 11.9 Å². The molecule has 0 saturated carbocycles. The average molecular weight is 556 g/mol. The zero-order valence-corrected chi connectivity index (χ0v) is 24.3. The van der Waals surface area contributed by atoms with Gasteiger partial charge in [-0.15, -0.1) is 0 Å². The molecule has 0 radical (unpaired) electrons. The molecule has 1 heterocycles. The first kappa shape index (κ1) is 29.5. The van der Waals surface area contributed by atoms with Gasteiger partial charge in [0.2, 0.25) is 0 Å². The molecule has 3 aromatic carbocycles. The third-order valence-corrected chi connectivity index (χ3v) is 7.50. The molecule has 0 amide bonds. The number of ether oxygens (including phenoxy) is 3. The zero-order valence-electron chi connectivity index (χ0n) is 24.3. The van der Waals surface area contributed by atoms with Crippen molar-refractivity contribution in [3.8, 4) is 11.5 Å². The zero-order chi connectivity index (χ0) is 29.5. The number of carbonyl (C=O) groups excluding carboxylic acids is 1. The molecule has 1 aliphatic heterocycles. The van der Waals surface area contributed by atoms with E-state index >= 15 is 0 Å². The van der Waals surface area contributed by atoms with Gasteiger partial charge in [0.25, 0.3) is 0 Å². The summed E-state index contributed by atoms with van der Waals surface area (Å²) in [5.41, 5.74) is 5.42. The average Bonchev–Trinajstić information content (AvgIpc) is 2.97.